The Morgan fingerprint density at radius 3 is 2.20 bits per heavy atom. The van der Waals surface area contributed by atoms with Gasteiger partial charge in [0.15, 0.2) is 0 Å². The maximum absolute atomic E-state index is 14.4. The summed E-state index contributed by atoms with van der Waals surface area (Å²) in [5, 5.41) is 34.2. The third kappa shape index (κ3) is 12.7. The molecule has 0 aromatic heterocycles. The predicted molar refractivity (Wildman–Crippen MR) is 232 cm³/mol. The molecule has 0 aromatic carbocycles. The number of allylic oxidation sites excluding steroid dienone is 5. The summed E-state index contributed by atoms with van der Waals surface area (Å²) < 4.78 is 24.5. The topological polar surface area (TPSA) is 169 Å². The average molecular weight is 856 g/mol. The number of carbonyl (C=O) groups excluding carboxylic acids is 4. The van der Waals surface area contributed by atoms with Crippen LogP contribution in [-0.2, 0) is 38.1 Å². The first-order chi connectivity index (χ1) is 29.1. The predicted octanol–water partition coefficient (Wildman–Crippen LogP) is 6.96. The van der Waals surface area contributed by atoms with Crippen molar-refractivity contribution < 1.29 is 53.4 Å². The highest BCUT2D eigenvalue weighted by molar-refractivity contribution is 6.39. The van der Waals surface area contributed by atoms with E-state index < -0.39 is 77.8 Å². The van der Waals surface area contributed by atoms with Crippen molar-refractivity contribution in [3.05, 3.63) is 35.5 Å². The van der Waals surface area contributed by atoms with Gasteiger partial charge in [-0.2, -0.15) is 0 Å². The van der Waals surface area contributed by atoms with E-state index in [2.05, 4.69) is 25.2 Å². The van der Waals surface area contributed by atoms with Gasteiger partial charge < -0.3 is 39.2 Å². The Balaban J connectivity index is 1.53. The minimum atomic E-state index is -2.50. The normalized spacial score (nSPS) is 39.9. The summed E-state index contributed by atoms with van der Waals surface area (Å²) >= 11 is 0. The maximum Gasteiger partial charge on any atom is 0.329 e. The number of piperidine rings is 1. The fourth-order valence-electron chi connectivity index (χ4n) is 10.7. The largest absolute Gasteiger partial charge is 0.456 e. The van der Waals surface area contributed by atoms with E-state index in [1.54, 1.807) is 28.1 Å². The zero-order valence-corrected chi connectivity index (χ0v) is 38.1. The van der Waals surface area contributed by atoms with Gasteiger partial charge in [0.05, 0.1) is 24.4 Å². The molecular weight excluding hydrogens is 779 g/mol. The van der Waals surface area contributed by atoms with Gasteiger partial charge in [0.25, 0.3) is 11.7 Å². The van der Waals surface area contributed by atoms with Crippen molar-refractivity contribution in [3.8, 4) is 0 Å². The molecule has 2 saturated carbocycles. The smallest absolute Gasteiger partial charge is 0.329 e. The summed E-state index contributed by atoms with van der Waals surface area (Å²) in [7, 11) is 3.10. The molecule has 2 saturated heterocycles. The van der Waals surface area contributed by atoms with E-state index in [0.717, 1.165) is 36.8 Å². The first-order valence-electron chi connectivity index (χ1n) is 23.5. The quantitative estimate of drug-likeness (QED) is 0.138. The SMILES string of the molecule is CO[C@H]1C[C@@H](C)C/C(C)=C/[C@@H](C/C=C/C2CCCCC2)C(=O)C[C@H](O)[C@@H](C)[C@@H](/C(C)=C/C2CCC(O)CC2)OC(=O)[C@@H]2CCCCN2C(=O)C(=O)[C@]2(O)O[C@H]1[C@@H](OC)C[C@H]2C. The minimum absolute atomic E-state index is 0.0283. The van der Waals surface area contributed by atoms with Gasteiger partial charge in [0, 0.05) is 44.9 Å². The number of nitrogens with zero attached hydrogens (tertiary/aromatic N) is 1. The second-order valence-corrected chi connectivity index (χ2v) is 19.5. The molecule has 344 valence electrons. The average Bonchev–Trinajstić information content (AvgIpc) is 3.25. The number of ketones is 2. The van der Waals surface area contributed by atoms with Crippen LogP contribution in [0.1, 0.15) is 144 Å². The fourth-order valence-corrected chi connectivity index (χ4v) is 10.7. The number of hydrogen-bond acceptors (Lipinski definition) is 11. The number of hydrogen-bond donors (Lipinski definition) is 3. The summed E-state index contributed by atoms with van der Waals surface area (Å²) in [5.41, 5.74) is 1.73. The Labute approximate surface area is 364 Å². The molecule has 11 atom stereocenters. The summed E-state index contributed by atoms with van der Waals surface area (Å²) in [5.74, 6) is -6.79. The molecule has 2 bridgehead atoms. The lowest BCUT2D eigenvalue weighted by Crippen LogP contribution is -2.64. The number of aliphatic hydroxyl groups is 3. The van der Waals surface area contributed by atoms with E-state index in [9.17, 15) is 34.5 Å². The molecule has 0 spiro atoms. The van der Waals surface area contributed by atoms with Crippen LogP contribution in [-0.4, -0.2) is 113 Å². The lowest BCUT2D eigenvalue weighted by atomic mass is 9.82. The minimum Gasteiger partial charge on any atom is -0.456 e. The van der Waals surface area contributed by atoms with Crippen LogP contribution in [0.25, 0.3) is 0 Å². The molecule has 0 radical (unpaired) electrons. The Kier molecular flexibility index (Phi) is 18.4. The number of ether oxygens (including phenoxy) is 4. The van der Waals surface area contributed by atoms with Crippen LogP contribution in [0.3, 0.4) is 0 Å². The van der Waals surface area contributed by atoms with Crippen LogP contribution in [0.4, 0.5) is 0 Å². The third-order valence-corrected chi connectivity index (χ3v) is 14.5. The van der Waals surface area contributed by atoms with E-state index in [-0.39, 0.29) is 49.5 Å². The molecule has 3 N–H and O–H groups in total. The lowest BCUT2D eigenvalue weighted by molar-refractivity contribution is -0.302. The molecule has 1 amide bonds. The van der Waals surface area contributed by atoms with Crippen molar-refractivity contribution >= 4 is 23.4 Å². The van der Waals surface area contributed by atoms with Crippen molar-refractivity contribution in [3.63, 3.8) is 0 Å². The second kappa shape index (κ2) is 22.7. The molecule has 12 heteroatoms. The summed E-state index contributed by atoms with van der Waals surface area (Å²) in [6.45, 7) is 9.50. The summed E-state index contributed by atoms with van der Waals surface area (Å²) in [4.78, 5) is 58.5. The number of rotatable bonds is 7. The zero-order valence-electron chi connectivity index (χ0n) is 38.1. The molecule has 3 aliphatic heterocycles. The summed E-state index contributed by atoms with van der Waals surface area (Å²) in [6, 6.07) is -1.11. The highest BCUT2D eigenvalue weighted by Gasteiger charge is 2.56. The number of cyclic esters (lactones) is 1. The fraction of sp³-hybridized carbons (Fsp3) is 0.796. The highest BCUT2D eigenvalue weighted by atomic mass is 16.7. The monoisotopic (exact) mass is 856 g/mol. The Morgan fingerprint density at radius 1 is 0.869 bits per heavy atom. The highest BCUT2D eigenvalue weighted by Crippen LogP contribution is 2.39. The Hall–Kier alpha value is -2.74. The van der Waals surface area contributed by atoms with Gasteiger partial charge in [-0.1, -0.05) is 69.9 Å². The second-order valence-electron chi connectivity index (χ2n) is 19.5. The van der Waals surface area contributed by atoms with Gasteiger partial charge in [-0.15, -0.1) is 0 Å². The van der Waals surface area contributed by atoms with E-state index in [4.69, 9.17) is 18.9 Å². The molecular formula is C49H77NO11. The van der Waals surface area contributed by atoms with Crippen LogP contribution < -0.4 is 0 Å². The standard InChI is InChI=1S/C49H77NO11/c1-30-24-31(2)26-42(58-6)45-43(59-7)28-33(4)49(57,61-45)46(54)47(55)50-23-12-11-18-39(50)48(56)60-44(32(3)27-36-19-21-38(51)22-20-36)34(5)40(52)29-41(53)37(25-30)17-13-16-35-14-9-8-10-15-35/h13,16,25,27,31,33-40,42-45,51-52,57H,8-12,14-15,17-24,26,28-29H2,1-7H3/b16-13+,30-25+,32-27+/t31-,33+,34+,36?,37+,38?,39-,40-,42-,43-,44+,45+,49+/m0/s1. The zero-order chi connectivity index (χ0) is 44.4. The number of methoxy groups -OCH3 is 2. The van der Waals surface area contributed by atoms with E-state index in [1.165, 1.54) is 24.2 Å². The van der Waals surface area contributed by atoms with Crippen molar-refractivity contribution in [1.29, 1.82) is 0 Å². The van der Waals surface area contributed by atoms with Crippen molar-refractivity contribution in [2.24, 2.45) is 35.5 Å². The van der Waals surface area contributed by atoms with E-state index in [1.807, 2.05) is 19.9 Å². The molecule has 61 heavy (non-hydrogen) atoms. The van der Waals surface area contributed by atoms with Gasteiger partial charge in [-0.05, 0) is 121 Å². The van der Waals surface area contributed by atoms with Crippen molar-refractivity contribution in [2.75, 3.05) is 20.8 Å². The Morgan fingerprint density at radius 2 is 1.52 bits per heavy atom. The van der Waals surface area contributed by atoms with E-state index in [0.29, 0.717) is 50.9 Å². The van der Waals surface area contributed by atoms with Gasteiger partial charge in [0.1, 0.15) is 24.0 Å². The third-order valence-electron chi connectivity index (χ3n) is 14.5. The van der Waals surface area contributed by atoms with Crippen LogP contribution in [0, 0.1) is 35.5 Å². The van der Waals surface area contributed by atoms with Crippen molar-refractivity contribution in [1.82, 2.24) is 4.90 Å². The number of fused-ring (bicyclic) bond motifs is 3. The van der Waals surface area contributed by atoms with Crippen LogP contribution in [0.15, 0.2) is 35.5 Å². The first-order valence-corrected chi connectivity index (χ1v) is 23.5. The number of amides is 1. The Bertz CT molecular complexity index is 1580. The number of carbonyl (C=O) groups is 4. The first kappa shape index (κ1) is 49.3. The van der Waals surface area contributed by atoms with Gasteiger partial charge in [-0.25, -0.2) is 4.79 Å². The van der Waals surface area contributed by atoms with Crippen molar-refractivity contribution in [2.45, 2.75) is 192 Å². The molecule has 2 aliphatic carbocycles. The molecule has 5 rings (SSSR count). The number of Topliss-reactive ketones (excluding diaryl/α,β-unsaturated/α-hetero) is 2. The molecule has 3 heterocycles. The molecule has 12 nitrogen and oxygen atoms in total. The van der Waals surface area contributed by atoms with Crippen LogP contribution in [0.2, 0.25) is 0 Å². The van der Waals surface area contributed by atoms with Gasteiger partial charge >= 0.3 is 5.97 Å². The number of aliphatic hydroxyl groups excluding tert-OH is 2. The van der Waals surface area contributed by atoms with Crippen LogP contribution in [0.5, 0.6) is 0 Å². The van der Waals surface area contributed by atoms with E-state index >= 15 is 0 Å². The molecule has 0 aromatic rings. The van der Waals surface area contributed by atoms with Gasteiger partial charge in [0.2, 0.25) is 5.79 Å². The molecule has 5 aliphatic rings. The van der Waals surface area contributed by atoms with Crippen LogP contribution >= 0.6 is 0 Å². The summed E-state index contributed by atoms with van der Waals surface area (Å²) in [6.07, 6.45) is 16.0. The number of esters is 1. The lowest BCUT2D eigenvalue weighted by Gasteiger charge is -2.47. The maximum atomic E-state index is 14.4. The molecule has 0 unspecified atom stereocenters. The van der Waals surface area contributed by atoms with Gasteiger partial charge in [-0.3, -0.25) is 14.4 Å². The molecule has 4 fully saturated rings.